The predicted octanol–water partition coefficient (Wildman–Crippen LogP) is 3.60. The van der Waals surface area contributed by atoms with Crippen LogP contribution in [0.5, 0.6) is 0 Å². The molecular weight excluding hydrogens is 332 g/mol. The molecule has 0 saturated heterocycles. The molecule has 1 saturated carbocycles. The van der Waals surface area contributed by atoms with Gasteiger partial charge in [0.15, 0.2) is 0 Å². The quantitative estimate of drug-likeness (QED) is 0.894. The first-order valence-electron chi connectivity index (χ1n) is 7.18. The van der Waals surface area contributed by atoms with Crippen molar-refractivity contribution in [2.75, 3.05) is 19.0 Å². The highest BCUT2D eigenvalue weighted by atomic mass is 79.9. The first kappa shape index (κ1) is 14.8. The lowest BCUT2D eigenvalue weighted by Gasteiger charge is -2.43. The van der Waals surface area contributed by atoms with Crippen LogP contribution in [0.25, 0.3) is 10.9 Å². The van der Waals surface area contributed by atoms with Crippen molar-refractivity contribution < 1.29 is 9.47 Å². The minimum absolute atomic E-state index is 0.0932. The predicted molar refractivity (Wildman–Crippen MR) is 87.7 cm³/mol. The smallest absolute Gasteiger partial charge is 0.103 e. The maximum Gasteiger partial charge on any atom is 0.103 e. The van der Waals surface area contributed by atoms with E-state index in [9.17, 15) is 0 Å². The van der Waals surface area contributed by atoms with Crippen molar-refractivity contribution in [2.45, 2.75) is 31.6 Å². The lowest BCUT2D eigenvalue weighted by Crippen LogP contribution is -2.56. The van der Waals surface area contributed by atoms with Gasteiger partial charge in [-0.1, -0.05) is 12.1 Å². The summed E-state index contributed by atoms with van der Waals surface area (Å²) in [5.41, 5.74) is 2.03. The molecule has 0 radical (unpaired) electrons. The highest BCUT2D eigenvalue weighted by molar-refractivity contribution is 9.10. The van der Waals surface area contributed by atoms with Crippen LogP contribution in [0, 0.1) is 0 Å². The van der Waals surface area contributed by atoms with E-state index in [2.05, 4.69) is 44.4 Å². The number of hydrogen-bond donors (Lipinski definition) is 1. The van der Waals surface area contributed by atoms with Crippen molar-refractivity contribution in [3.8, 4) is 0 Å². The van der Waals surface area contributed by atoms with Crippen LogP contribution in [0.3, 0.4) is 0 Å². The third-order valence-corrected chi connectivity index (χ3v) is 4.35. The van der Waals surface area contributed by atoms with Gasteiger partial charge in [0, 0.05) is 29.8 Å². The standard InChI is InChI=1S/C16H19BrN2O2/c1-3-21-14-8-13(16(14)20-2)19-12-6-4-5-10-7-11(17)9-18-15(10)12/h4-7,9,13-14,16,19H,3,8H2,1-2H3. The minimum Gasteiger partial charge on any atom is -0.378 e. The van der Waals surface area contributed by atoms with Gasteiger partial charge in [-0.25, -0.2) is 0 Å². The molecule has 21 heavy (non-hydrogen) atoms. The SMILES string of the molecule is CCOC1CC(Nc2cccc3cc(Br)cnc23)C1OC. The molecule has 1 N–H and O–H groups in total. The zero-order chi connectivity index (χ0) is 14.8. The van der Waals surface area contributed by atoms with Crippen LogP contribution in [-0.2, 0) is 9.47 Å². The number of benzene rings is 1. The van der Waals surface area contributed by atoms with Crippen molar-refractivity contribution in [1.29, 1.82) is 0 Å². The van der Waals surface area contributed by atoms with E-state index >= 15 is 0 Å². The first-order chi connectivity index (χ1) is 10.2. The van der Waals surface area contributed by atoms with Gasteiger partial charge in [-0.05, 0) is 41.4 Å². The second-order valence-electron chi connectivity index (χ2n) is 5.21. The Morgan fingerprint density at radius 3 is 3.05 bits per heavy atom. The van der Waals surface area contributed by atoms with Crippen LogP contribution in [-0.4, -0.2) is 37.0 Å². The Kier molecular flexibility index (Phi) is 4.42. The Bertz CT molecular complexity index is 635. The number of ether oxygens (including phenoxy) is 2. The number of fused-ring (bicyclic) bond motifs is 1. The number of methoxy groups -OCH3 is 1. The van der Waals surface area contributed by atoms with E-state index < -0.39 is 0 Å². The average molecular weight is 351 g/mol. The van der Waals surface area contributed by atoms with Crippen molar-refractivity contribution in [3.63, 3.8) is 0 Å². The molecular formula is C16H19BrN2O2. The number of pyridine rings is 1. The summed E-state index contributed by atoms with van der Waals surface area (Å²) >= 11 is 3.46. The second-order valence-corrected chi connectivity index (χ2v) is 6.13. The number of nitrogens with zero attached hydrogens (tertiary/aromatic N) is 1. The highest BCUT2D eigenvalue weighted by Gasteiger charge is 2.42. The fourth-order valence-electron chi connectivity index (χ4n) is 2.87. The number of nitrogens with one attached hydrogen (secondary N) is 1. The van der Waals surface area contributed by atoms with Gasteiger partial charge in [-0.15, -0.1) is 0 Å². The van der Waals surface area contributed by atoms with Gasteiger partial charge >= 0.3 is 0 Å². The number of hydrogen-bond acceptors (Lipinski definition) is 4. The molecule has 1 heterocycles. The molecule has 1 aliphatic carbocycles. The maximum absolute atomic E-state index is 5.67. The number of anilines is 1. The Hall–Kier alpha value is -1.17. The van der Waals surface area contributed by atoms with Gasteiger partial charge in [0.2, 0.25) is 0 Å². The molecule has 3 atom stereocenters. The summed E-state index contributed by atoms with van der Waals surface area (Å²) in [7, 11) is 1.74. The first-order valence-corrected chi connectivity index (χ1v) is 7.97. The third-order valence-electron chi connectivity index (χ3n) is 3.92. The molecule has 1 aliphatic rings. The zero-order valence-corrected chi connectivity index (χ0v) is 13.8. The van der Waals surface area contributed by atoms with Crippen LogP contribution >= 0.6 is 15.9 Å². The molecule has 4 nitrogen and oxygen atoms in total. The van der Waals surface area contributed by atoms with E-state index in [0.717, 1.165) is 34.1 Å². The Labute approximate surface area is 133 Å². The lowest BCUT2D eigenvalue weighted by molar-refractivity contribution is -0.117. The van der Waals surface area contributed by atoms with E-state index in [-0.39, 0.29) is 18.2 Å². The number of halogens is 1. The minimum atomic E-state index is 0.0932. The van der Waals surface area contributed by atoms with Gasteiger partial charge < -0.3 is 14.8 Å². The summed E-state index contributed by atoms with van der Waals surface area (Å²) < 4.78 is 12.2. The summed E-state index contributed by atoms with van der Waals surface area (Å²) in [5, 5.41) is 4.66. The molecule has 1 fully saturated rings. The van der Waals surface area contributed by atoms with Gasteiger partial charge in [-0.3, -0.25) is 4.98 Å². The van der Waals surface area contributed by atoms with E-state index in [1.54, 1.807) is 7.11 Å². The van der Waals surface area contributed by atoms with Crippen LogP contribution in [0.4, 0.5) is 5.69 Å². The van der Waals surface area contributed by atoms with E-state index in [1.807, 2.05) is 19.2 Å². The molecule has 2 aromatic rings. The van der Waals surface area contributed by atoms with E-state index in [1.165, 1.54) is 0 Å². The lowest BCUT2D eigenvalue weighted by atomic mass is 9.85. The zero-order valence-electron chi connectivity index (χ0n) is 12.2. The van der Waals surface area contributed by atoms with Gasteiger partial charge in [0.25, 0.3) is 0 Å². The summed E-state index contributed by atoms with van der Waals surface area (Å²) in [6.07, 6.45) is 3.06. The number of para-hydroxylation sites is 1. The second kappa shape index (κ2) is 6.30. The van der Waals surface area contributed by atoms with Crippen molar-refractivity contribution in [2.24, 2.45) is 0 Å². The van der Waals surface area contributed by atoms with Crippen molar-refractivity contribution in [3.05, 3.63) is 34.9 Å². The van der Waals surface area contributed by atoms with E-state index in [4.69, 9.17) is 9.47 Å². The normalized spacial score (nSPS) is 24.8. The Morgan fingerprint density at radius 2 is 2.29 bits per heavy atom. The molecule has 112 valence electrons. The maximum atomic E-state index is 5.67. The van der Waals surface area contributed by atoms with Crippen molar-refractivity contribution in [1.82, 2.24) is 4.98 Å². The van der Waals surface area contributed by atoms with Crippen LogP contribution in [0.1, 0.15) is 13.3 Å². The summed E-state index contributed by atoms with van der Waals surface area (Å²) in [6.45, 7) is 2.74. The average Bonchev–Trinajstić information content (AvgIpc) is 2.46. The molecule has 3 unspecified atom stereocenters. The Morgan fingerprint density at radius 1 is 1.43 bits per heavy atom. The molecule has 3 rings (SSSR count). The van der Waals surface area contributed by atoms with Crippen LogP contribution in [0.15, 0.2) is 34.9 Å². The summed E-state index contributed by atoms with van der Waals surface area (Å²) in [5.74, 6) is 0. The van der Waals surface area contributed by atoms with Gasteiger partial charge in [0.05, 0.1) is 23.3 Å². The summed E-state index contributed by atoms with van der Waals surface area (Å²) in [4.78, 5) is 4.52. The monoisotopic (exact) mass is 350 g/mol. The fraction of sp³-hybridized carbons (Fsp3) is 0.438. The van der Waals surface area contributed by atoms with Gasteiger partial charge in [-0.2, -0.15) is 0 Å². The summed E-state index contributed by atoms with van der Waals surface area (Å²) in [6, 6.07) is 8.51. The number of aromatic nitrogens is 1. The largest absolute Gasteiger partial charge is 0.378 e. The molecule has 0 spiro atoms. The van der Waals surface area contributed by atoms with Crippen LogP contribution in [0.2, 0.25) is 0 Å². The molecule has 0 bridgehead atoms. The Balaban J connectivity index is 1.80. The third kappa shape index (κ3) is 2.91. The van der Waals surface area contributed by atoms with E-state index in [0.29, 0.717) is 0 Å². The topological polar surface area (TPSA) is 43.4 Å². The number of rotatable bonds is 5. The molecule has 5 heteroatoms. The molecule has 0 aliphatic heterocycles. The molecule has 1 aromatic carbocycles. The van der Waals surface area contributed by atoms with Crippen molar-refractivity contribution >= 4 is 32.5 Å². The fourth-order valence-corrected chi connectivity index (χ4v) is 3.22. The molecule has 1 aromatic heterocycles. The molecule has 0 amide bonds. The van der Waals surface area contributed by atoms with Gasteiger partial charge in [0.1, 0.15) is 6.10 Å². The van der Waals surface area contributed by atoms with Crippen LogP contribution < -0.4 is 5.32 Å². The highest BCUT2D eigenvalue weighted by Crippen LogP contribution is 2.32.